The number of rotatable bonds is 0. The fourth-order valence-electron chi connectivity index (χ4n) is 2.56. The zero-order chi connectivity index (χ0) is 9.78. The SMILES string of the molecule is CC1(C)CC(C)(C)C(C)(C)C1=O. The minimum atomic E-state index is -0.156. The molecule has 0 unspecified atom stereocenters. The van der Waals surface area contributed by atoms with Crippen molar-refractivity contribution in [1.29, 1.82) is 0 Å². The average molecular weight is 168 g/mol. The Hall–Kier alpha value is -0.330. The molecule has 0 N–H and O–H groups in total. The normalized spacial score (nSPS) is 30.7. The molecule has 0 heterocycles. The number of carbonyl (C=O) groups excluding carboxylic acids is 1. The molecular formula is C11H20O. The van der Waals surface area contributed by atoms with Crippen molar-refractivity contribution < 1.29 is 4.79 Å². The molecule has 0 bridgehead atoms. The van der Waals surface area contributed by atoms with E-state index in [1.807, 2.05) is 0 Å². The Bertz CT molecular complexity index is 221. The van der Waals surface area contributed by atoms with Crippen LogP contribution in [-0.4, -0.2) is 5.78 Å². The van der Waals surface area contributed by atoms with Crippen molar-refractivity contribution in [3.63, 3.8) is 0 Å². The number of Topliss-reactive ketones (excluding diaryl/α,β-unsaturated/α-hetero) is 1. The summed E-state index contributed by atoms with van der Waals surface area (Å²) < 4.78 is 0. The van der Waals surface area contributed by atoms with Gasteiger partial charge >= 0.3 is 0 Å². The van der Waals surface area contributed by atoms with Crippen molar-refractivity contribution in [2.45, 2.75) is 48.0 Å². The summed E-state index contributed by atoms with van der Waals surface area (Å²) in [5.41, 5.74) is -0.128. The van der Waals surface area contributed by atoms with E-state index in [2.05, 4.69) is 41.5 Å². The lowest BCUT2D eigenvalue weighted by Gasteiger charge is -2.32. The summed E-state index contributed by atoms with van der Waals surface area (Å²) in [5, 5.41) is 0. The molecule has 0 aliphatic heterocycles. The molecule has 70 valence electrons. The minimum Gasteiger partial charge on any atom is -0.298 e. The quantitative estimate of drug-likeness (QED) is 0.543. The Morgan fingerprint density at radius 1 is 1.00 bits per heavy atom. The first-order valence-electron chi connectivity index (χ1n) is 4.66. The molecule has 0 atom stereocenters. The Morgan fingerprint density at radius 2 is 1.42 bits per heavy atom. The minimum absolute atomic E-state index is 0.118. The lowest BCUT2D eigenvalue weighted by atomic mass is 9.70. The molecular weight excluding hydrogens is 148 g/mol. The largest absolute Gasteiger partial charge is 0.298 e. The highest BCUT2D eigenvalue weighted by atomic mass is 16.1. The van der Waals surface area contributed by atoms with Crippen molar-refractivity contribution in [2.75, 3.05) is 0 Å². The van der Waals surface area contributed by atoms with Crippen LogP contribution in [0.4, 0.5) is 0 Å². The van der Waals surface area contributed by atoms with Gasteiger partial charge in [0.1, 0.15) is 5.78 Å². The standard InChI is InChI=1S/C11H20O/c1-9(2)7-10(3,4)11(5,6)8(9)12/h7H2,1-6H3. The molecule has 0 aromatic heterocycles. The first kappa shape index (κ1) is 9.76. The molecule has 0 spiro atoms. The Balaban J connectivity index is 3.14. The van der Waals surface area contributed by atoms with Gasteiger partial charge in [-0.1, -0.05) is 41.5 Å². The van der Waals surface area contributed by atoms with E-state index in [1.165, 1.54) is 0 Å². The van der Waals surface area contributed by atoms with Gasteiger partial charge in [-0.2, -0.15) is 0 Å². The van der Waals surface area contributed by atoms with Gasteiger partial charge < -0.3 is 0 Å². The zero-order valence-electron chi connectivity index (χ0n) is 9.12. The Kier molecular flexibility index (Phi) is 1.73. The molecule has 1 saturated carbocycles. The highest BCUT2D eigenvalue weighted by Gasteiger charge is 2.56. The summed E-state index contributed by atoms with van der Waals surface area (Å²) in [4.78, 5) is 12.0. The van der Waals surface area contributed by atoms with Crippen LogP contribution in [0.5, 0.6) is 0 Å². The smallest absolute Gasteiger partial charge is 0.144 e. The van der Waals surface area contributed by atoms with Gasteiger partial charge in [0.15, 0.2) is 0 Å². The molecule has 12 heavy (non-hydrogen) atoms. The van der Waals surface area contributed by atoms with E-state index in [-0.39, 0.29) is 16.2 Å². The summed E-state index contributed by atoms with van der Waals surface area (Å²) in [6.45, 7) is 12.7. The van der Waals surface area contributed by atoms with Crippen molar-refractivity contribution in [3.8, 4) is 0 Å². The molecule has 1 fully saturated rings. The van der Waals surface area contributed by atoms with E-state index in [9.17, 15) is 4.79 Å². The Labute approximate surface area is 75.5 Å². The van der Waals surface area contributed by atoms with E-state index >= 15 is 0 Å². The Morgan fingerprint density at radius 3 is 1.50 bits per heavy atom. The summed E-state index contributed by atoms with van der Waals surface area (Å²) in [6, 6.07) is 0. The van der Waals surface area contributed by atoms with Gasteiger partial charge in [-0.3, -0.25) is 4.79 Å². The second-order valence-electron chi connectivity index (χ2n) is 5.90. The molecule has 1 heteroatoms. The van der Waals surface area contributed by atoms with Crippen LogP contribution in [0, 0.1) is 16.2 Å². The second kappa shape index (κ2) is 2.12. The molecule has 1 aliphatic rings. The topological polar surface area (TPSA) is 17.1 Å². The van der Waals surface area contributed by atoms with E-state index < -0.39 is 0 Å². The van der Waals surface area contributed by atoms with Gasteiger partial charge in [0, 0.05) is 10.8 Å². The van der Waals surface area contributed by atoms with Crippen LogP contribution in [0.15, 0.2) is 0 Å². The van der Waals surface area contributed by atoms with Gasteiger partial charge in [-0.25, -0.2) is 0 Å². The van der Waals surface area contributed by atoms with Crippen LogP contribution in [0.2, 0.25) is 0 Å². The molecule has 1 nitrogen and oxygen atoms in total. The van der Waals surface area contributed by atoms with E-state index in [4.69, 9.17) is 0 Å². The molecule has 0 aromatic carbocycles. The fraction of sp³-hybridized carbons (Fsp3) is 0.909. The van der Waals surface area contributed by atoms with Crippen LogP contribution >= 0.6 is 0 Å². The van der Waals surface area contributed by atoms with Gasteiger partial charge in [0.2, 0.25) is 0 Å². The van der Waals surface area contributed by atoms with Crippen LogP contribution < -0.4 is 0 Å². The molecule has 1 aliphatic carbocycles. The van der Waals surface area contributed by atoms with Crippen molar-refractivity contribution in [3.05, 3.63) is 0 Å². The van der Waals surface area contributed by atoms with Crippen molar-refractivity contribution >= 4 is 5.78 Å². The maximum absolute atomic E-state index is 12.0. The first-order chi connectivity index (χ1) is 5.11. The lowest BCUT2D eigenvalue weighted by molar-refractivity contribution is -0.132. The van der Waals surface area contributed by atoms with Gasteiger partial charge in [-0.05, 0) is 11.8 Å². The third-order valence-corrected chi connectivity index (χ3v) is 3.76. The summed E-state index contributed by atoms with van der Waals surface area (Å²) in [5.74, 6) is 0.417. The summed E-state index contributed by atoms with van der Waals surface area (Å²) in [6.07, 6.45) is 1.01. The van der Waals surface area contributed by atoms with Crippen LogP contribution in [0.25, 0.3) is 0 Å². The van der Waals surface area contributed by atoms with Gasteiger partial charge in [-0.15, -0.1) is 0 Å². The van der Waals surface area contributed by atoms with Crippen LogP contribution in [0.3, 0.4) is 0 Å². The van der Waals surface area contributed by atoms with Crippen molar-refractivity contribution in [2.24, 2.45) is 16.2 Å². The number of hydrogen-bond donors (Lipinski definition) is 0. The van der Waals surface area contributed by atoms with E-state index in [0.29, 0.717) is 5.78 Å². The summed E-state index contributed by atoms with van der Waals surface area (Å²) >= 11 is 0. The lowest BCUT2D eigenvalue weighted by Crippen LogP contribution is -2.33. The molecule has 0 amide bonds. The van der Waals surface area contributed by atoms with Crippen LogP contribution in [-0.2, 0) is 4.79 Å². The summed E-state index contributed by atoms with van der Waals surface area (Å²) in [7, 11) is 0. The third-order valence-electron chi connectivity index (χ3n) is 3.76. The van der Waals surface area contributed by atoms with E-state index in [0.717, 1.165) is 6.42 Å². The predicted octanol–water partition coefficient (Wildman–Crippen LogP) is 3.04. The molecule has 1 rings (SSSR count). The highest BCUT2D eigenvalue weighted by molar-refractivity contribution is 5.92. The zero-order valence-corrected chi connectivity index (χ0v) is 9.12. The maximum atomic E-state index is 12.0. The number of hydrogen-bond acceptors (Lipinski definition) is 1. The maximum Gasteiger partial charge on any atom is 0.144 e. The van der Waals surface area contributed by atoms with Gasteiger partial charge in [0.05, 0.1) is 0 Å². The monoisotopic (exact) mass is 168 g/mol. The predicted molar refractivity (Wildman–Crippen MR) is 51.0 cm³/mol. The second-order valence-corrected chi connectivity index (χ2v) is 5.90. The average Bonchev–Trinajstić information content (AvgIpc) is 1.90. The number of carbonyl (C=O) groups is 1. The van der Waals surface area contributed by atoms with Gasteiger partial charge in [0.25, 0.3) is 0 Å². The molecule has 0 radical (unpaired) electrons. The molecule has 0 aromatic rings. The third kappa shape index (κ3) is 1.02. The van der Waals surface area contributed by atoms with Crippen LogP contribution in [0.1, 0.15) is 48.0 Å². The van der Waals surface area contributed by atoms with Crippen molar-refractivity contribution in [1.82, 2.24) is 0 Å². The van der Waals surface area contributed by atoms with E-state index in [1.54, 1.807) is 0 Å². The fourth-order valence-corrected chi connectivity index (χ4v) is 2.56. The first-order valence-corrected chi connectivity index (χ1v) is 4.66. The number of ketones is 1. The highest BCUT2D eigenvalue weighted by Crippen LogP contribution is 2.56. The molecule has 0 saturated heterocycles.